The highest BCUT2D eigenvalue weighted by Crippen LogP contribution is 2.51. The predicted molar refractivity (Wildman–Crippen MR) is 63.9 cm³/mol. The van der Waals surface area contributed by atoms with E-state index in [-0.39, 0.29) is 17.8 Å². The molecule has 16 heavy (non-hydrogen) atoms. The van der Waals surface area contributed by atoms with Crippen molar-refractivity contribution in [1.82, 2.24) is 0 Å². The molecule has 0 aromatic heterocycles. The van der Waals surface area contributed by atoms with Crippen LogP contribution in [-0.2, 0) is 9.53 Å². The molecule has 0 amide bonds. The van der Waals surface area contributed by atoms with Crippen molar-refractivity contribution in [3.63, 3.8) is 0 Å². The van der Waals surface area contributed by atoms with Crippen molar-refractivity contribution >= 4 is 29.2 Å². The lowest BCUT2D eigenvalue weighted by molar-refractivity contribution is -0.144. The number of carbonyl (C=O) groups excluding carboxylic acids is 1. The molecule has 0 bridgehead atoms. The summed E-state index contributed by atoms with van der Waals surface area (Å²) in [6.07, 6.45) is 0.804. The molecule has 2 nitrogen and oxygen atoms in total. The average molecular weight is 259 g/mol. The van der Waals surface area contributed by atoms with Crippen LogP contribution in [0.4, 0.5) is 0 Å². The molecule has 4 heteroatoms. The molecule has 2 atom stereocenters. The minimum Gasteiger partial charge on any atom is -0.466 e. The van der Waals surface area contributed by atoms with Crippen molar-refractivity contribution in [2.24, 2.45) is 5.92 Å². The number of hydrogen-bond donors (Lipinski definition) is 0. The molecular formula is C12H12Cl2O2. The summed E-state index contributed by atoms with van der Waals surface area (Å²) in [4.78, 5) is 11.5. The number of halogens is 2. The van der Waals surface area contributed by atoms with Crippen LogP contribution in [0.3, 0.4) is 0 Å². The van der Waals surface area contributed by atoms with Gasteiger partial charge in [0.05, 0.1) is 22.6 Å². The lowest BCUT2D eigenvalue weighted by Gasteiger charge is -2.05. The molecule has 1 aromatic rings. The van der Waals surface area contributed by atoms with Gasteiger partial charge < -0.3 is 4.74 Å². The number of ether oxygens (including phenoxy) is 1. The molecule has 0 N–H and O–H groups in total. The summed E-state index contributed by atoms with van der Waals surface area (Å²) in [5.41, 5.74) is 0.951. The van der Waals surface area contributed by atoms with E-state index in [1.807, 2.05) is 19.1 Å². The Bertz CT molecular complexity index is 417. The highest BCUT2D eigenvalue weighted by molar-refractivity contribution is 6.42. The summed E-state index contributed by atoms with van der Waals surface area (Å²) in [6.45, 7) is 2.23. The summed E-state index contributed by atoms with van der Waals surface area (Å²) in [6, 6.07) is 5.51. The first-order chi connectivity index (χ1) is 7.65. The van der Waals surface area contributed by atoms with Gasteiger partial charge in [-0.05, 0) is 30.9 Å². The topological polar surface area (TPSA) is 26.3 Å². The van der Waals surface area contributed by atoms with Gasteiger partial charge in [-0.1, -0.05) is 35.3 Å². The average Bonchev–Trinajstić information content (AvgIpc) is 3.02. The first kappa shape index (κ1) is 11.7. The second-order valence-corrected chi connectivity index (χ2v) is 4.63. The highest BCUT2D eigenvalue weighted by Gasteiger charge is 2.46. The molecule has 0 saturated heterocycles. The Morgan fingerprint density at radius 3 is 2.94 bits per heavy atom. The van der Waals surface area contributed by atoms with E-state index in [9.17, 15) is 4.79 Å². The van der Waals surface area contributed by atoms with Crippen molar-refractivity contribution < 1.29 is 9.53 Å². The van der Waals surface area contributed by atoms with Gasteiger partial charge in [0, 0.05) is 0 Å². The number of hydrogen-bond acceptors (Lipinski definition) is 2. The summed E-state index contributed by atoms with van der Waals surface area (Å²) >= 11 is 12.0. The van der Waals surface area contributed by atoms with Crippen molar-refractivity contribution in [3.05, 3.63) is 33.8 Å². The number of carbonyl (C=O) groups is 1. The van der Waals surface area contributed by atoms with Crippen molar-refractivity contribution in [2.75, 3.05) is 6.61 Å². The fourth-order valence-corrected chi connectivity index (χ4v) is 2.30. The quantitative estimate of drug-likeness (QED) is 0.774. The molecule has 0 aliphatic heterocycles. The minimum atomic E-state index is -0.136. The largest absolute Gasteiger partial charge is 0.466 e. The van der Waals surface area contributed by atoms with Crippen LogP contribution in [-0.4, -0.2) is 12.6 Å². The van der Waals surface area contributed by atoms with Gasteiger partial charge in [-0.25, -0.2) is 0 Å². The van der Waals surface area contributed by atoms with E-state index in [0.717, 1.165) is 12.0 Å². The zero-order valence-corrected chi connectivity index (χ0v) is 10.4. The van der Waals surface area contributed by atoms with Gasteiger partial charge in [-0.3, -0.25) is 4.79 Å². The standard InChI is InChI=1S/C12H12Cl2O2/c1-2-16-12(15)9-6-8(9)7-4-3-5-10(13)11(7)14/h3-5,8-9H,2,6H2,1H3/t8-,9+/m1/s1. The Balaban J connectivity index is 2.11. The van der Waals surface area contributed by atoms with E-state index >= 15 is 0 Å². The molecule has 1 fully saturated rings. The smallest absolute Gasteiger partial charge is 0.309 e. The van der Waals surface area contributed by atoms with Gasteiger partial charge in [-0.2, -0.15) is 0 Å². The Hall–Kier alpha value is -0.730. The first-order valence-electron chi connectivity index (χ1n) is 5.25. The molecule has 1 saturated carbocycles. The fourth-order valence-electron chi connectivity index (χ4n) is 1.86. The summed E-state index contributed by atoms with van der Waals surface area (Å²) < 4.78 is 4.97. The van der Waals surface area contributed by atoms with Crippen LogP contribution in [0.1, 0.15) is 24.8 Å². The monoisotopic (exact) mass is 258 g/mol. The molecule has 86 valence electrons. The maximum Gasteiger partial charge on any atom is 0.309 e. The summed E-state index contributed by atoms with van der Waals surface area (Å²) in [5, 5.41) is 1.09. The first-order valence-corrected chi connectivity index (χ1v) is 6.01. The normalized spacial score (nSPS) is 22.9. The maximum absolute atomic E-state index is 11.5. The van der Waals surface area contributed by atoms with Gasteiger partial charge in [0.15, 0.2) is 0 Å². The summed E-state index contributed by atoms with van der Waals surface area (Å²) in [5.74, 6) is -0.00953. The number of rotatable bonds is 3. The molecule has 0 spiro atoms. The highest BCUT2D eigenvalue weighted by atomic mass is 35.5. The van der Waals surface area contributed by atoms with Crippen LogP contribution in [0, 0.1) is 5.92 Å². The predicted octanol–water partition coefficient (Wildman–Crippen LogP) is 3.66. The van der Waals surface area contributed by atoms with E-state index in [1.54, 1.807) is 6.07 Å². The van der Waals surface area contributed by atoms with Crippen LogP contribution < -0.4 is 0 Å². The molecule has 0 unspecified atom stereocenters. The van der Waals surface area contributed by atoms with E-state index in [1.165, 1.54) is 0 Å². The molecular weight excluding hydrogens is 247 g/mol. The molecule has 0 heterocycles. The van der Waals surface area contributed by atoms with Crippen LogP contribution in [0.2, 0.25) is 10.0 Å². The fraction of sp³-hybridized carbons (Fsp3) is 0.417. The molecule has 1 aliphatic carbocycles. The minimum absolute atomic E-state index is 0.0454. The Morgan fingerprint density at radius 1 is 1.50 bits per heavy atom. The SMILES string of the molecule is CCOC(=O)[C@H]1C[C@@H]1c1cccc(Cl)c1Cl. The van der Waals surface area contributed by atoms with E-state index in [2.05, 4.69) is 0 Å². The van der Waals surface area contributed by atoms with Crippen LogP contribution in [0.5, 0.6) is 0 Å². The van der Waals surface area contributed by atoms with Crippen molar-refractivity contribution in [3.8, 4) is 0 Å². The van der Waals surface area contributed by atoms with Gasteiger partial charge in [0.25, 0.3) is 0 Å². The van der Waals surface area contributed by atoms with Crippen molar-refractivity contribution in [2.45, 2.75) is 19.3 Å². The third-order valence-electron chi connectivity index (χ3n) is 2.76. The Labute approximate surface area is 104 Å². The van der Waals surface area contributed by atoms with Gasteiger partial charge in [-0.15, -0.1) is 0 Å². The molecule has 0 radical (unpaired) electrons. The van der Waals surface area contributed by atoms with Gasteiger partial charge >= 0.3 is 5.97 Å². The second-order valence-electron chi connectivity index (χ2n) is 3.84. The lowest BCUT2D eigenvalue weighted by atomic mass is 10.1. The number of benzene rings is 1. The van der Waals surface area contributed by atoms with Gasteiger partial charge in [0.1, 0.15) is 0 Å². The van der Waals surface area contributed by atoms with Crippen LogP contribution in [0.25, 0.3) is 0 Å². The second kappa shape index (κ2) is 4.64. The van der Waals surface area contributed by atoms with Gasteiger partial charge in [0.2, 0.25) is 0 Å². The van der Waals surface area contributed by atoms with E-state index in [4.69, 9.17) is 27.9 Å². The zero-order chi connectivity index (χ0) is 11.7. The van der Waals surface area contributed by atoms with E-state index in [0.29, 0.717) is 16.7 Å². The number of esters is 1. The van der Waals surface area contributed by atoms with Crippen LogP contribution >= 0.6 is 23.2 Å². The zero-order valence-electron chi connectivity index (χ0n) is 8.87. The third-order valence-corrected chi connectivity index (χ3v) is 3.59. The maximum atomic E-state index is 11.5. The summed E-state index contributed by atoms with van der Waals surface area (Å²) in [7, 11) is 0. The Morgan fingerprint density at radius 2 is 2.25 bits per heavy atom. The van der Waals surface area contributed by atoms with Crippen LogP contribution in [0.15, 0.2) is 18.2 Å². The van der Waals surface area contributed by atoms with Crippen molar-refractivity contribution in [1.29, 1.82) is 0 Å². The van der Waals surface area contributed by atoms with E-state index < -0.39 is 0 Å². The molecule has 1 aromatic carbocycles. The third kappa shape index (κ3) is 2.18. The Kier molecular flexibility index (Phi) is 3.41. The molecule has 2 rings (SSSR count). The lowest BCUT2D eigenvalue weighted by Crippen LogP contribution is -2.07. The molecule has 1 aliphatic rings.